The van der Waals surface area contributed by atoms with Crippen molar-refractivity contribution in [2.24, 2.45) is 5.73 Å². The highest BCUT2D eigenvalue weighted by Gasteiger charge is 2.08. The van der Waals surface area contributed by atoms with E-state index in [0.717, 1.165) is 11.3 Å². The van der Waals surface area contributed by atoms with Crippen molar-refractivity contribution in [1.29, 1.82) is 0 Å². The van der Waals surface area contributed by atoms with E-state index in [-0.39, 0.29) is 6.04 Å². The van der Waals surface area contributed by atoms with E-state index in [2.05, 4.69) is 26.5 Å². The van der Waals surface area contributed by atoms with Crippen molar-refractivity contribution >= 4 is 5.69 Å². The predicted octanol–water partition coefficient (Wildman–Crippen LogP) is 2.58. The van der Waals surface area contributed by atoms with Gasteiger partial charge in [-0.15, -0.1) is 6.58 Å². The molecule has 0 amide bonds. The molecule has 0 saturated heterocycles. The smallest absolute Gasteiger partial charge is 0.0499 e. The number of nitrogens with two attached hydrogens (primary N) is 2. The normalized spacial score (nSPS) is 12.9. The Morgan fingerprint density at radius 1 is 1.36 bits per heavy atom. The van der Waals surface area contributed by atoms with Crippen LogP contribution in [-0.4, -0.2) is 0 Å². The molecule has 0 radical (unpaired) electrons. The van der Waals surface area contributed by atoms with Crippen LogP contribution in [0.3, 0.4) is 0 Å². The van der Waals surface area contributed by atoms with E-state index in [9.17, 15) is 0 Å². The summed E-state index contributed by atoms with van der Waals surface area (Å²) in [6, 6.07) is 5.84. The van der Waals surface area contributed by atoms with Gasteiger partial charge in [-0.25, -0.2) is 0 Å². The monoisotopic (exact) mass is 190 g/mol. The molecule has 0 saturated carbocycles. The Bertz CT molecular complexity index is 329. The van der Waals surface area contributed by atoms with E-state index in [1.54, 1.807) is 6.08 Å². The molecule has 0 fully saturated rings. The van der Waals surface area contributed by atoms with Gasteiger partial charge in [-0.2, -0.15) is 0 Å². The lowest BCUT2D eigenvalue weighted by Gasteiger charge is -2.13. The third-order valence-electron chi connectivity index (χ3n) is 2.39. The van der Waals surface area contributed by atoms with E-state index in [1.807, 2.05) is 12.1 Å². The van der Waals surface area contributed by atoms with Gasteiger partial charge in [0.25, 0.3) is 0 Å². The zero-order valence-corrected chi connectivity index (χ0v) is 8.83. The van der Waals surface area contributed by atoms with Crippen LogP contribution in [0.15, 0.2) is 30.9 Å². The van der Waals surface area contributed by atoms with Gasteiger partial charge in [-0.3, -0.25) is 0 Å². The molecule has 76 valence electrons. The molecule has 0 aromatic heterocycles. The van der Waals surface area contributed by atoms with Gasteiger partial charge >= 0.3 is 0 Å². The second-order valence-corrected chi connectivity index (χ2v) is 3.80. The predicted molar refractivity (Wildman–Crippen MR) is 62.1 cm³/mol. The van der Waals surface area contributed by atoms with Crippen molar-refractivity contribution in [1.82, 2.24) is 0 Å². The summed E-state index contributed by atoms with van der Waals surface area (Å²) in [4.78, 5) is 0. The van der Waals surface area contributed by atoms with Crippen molar-refractivity contribution in [3.63, 3.8) is 0 Å². The molecule has 2 nitrogen and oxygen atoms in total. The summed E-state index contributed by atoms with van der Waals surface area (Å²) in [6.07, 6.45) is 1.70. The van der Waals surface area contributed by atoms with Gasteiger partial charge in [0, 0.05) is 11.7 Å². The Labute approximate surface area is 85.6 Å². The van der Waals surface area contributed by atoms with Crippen LogP contribution in [0.2, 0.25) is 0 Å². The highest BCUT2D eigenvalue weighted by Crippen LogP contribution is 2.24. The Morgan fingerprint density at radius 3 is 2.50 bits per heavy atom. The highest BCUT2D eigenvalue weighted by atomic mass is 14.7. The summed E-state index contributed by atoms with van der Waals surface area (Å²) in [5.74, 6) is 0.492. The molecule has 2 heteroatoms. The summed E-state index contributed by atoms with van der Waals surface area (Å²) in [5, 5.41) is 0. The van der Waals surface area contributed by atoms with E-state index < -0.39 is 0 Å². The van der Waals surface area contributed by atoms with Gasteiger partial charge in [0.15, 0.2) is 0 Å². The Morgan fingerprint density at radius 2 is 2.00 bits per heavy atom. The molecule has 0 unspecified atom stereocenters. The standard InChI is InChI=1S/C12H18N2/c1-4-11(13)10-7-9(8(2)3)5-6-12(10)14/h4-8,11H,1,13-14H2,2-3H3/t11-/m0/s1. The zero-order valence-electron chi connectivity index (χ0n) is 8.83. The van der Waals surface area contributed by atoms with E-state index in [1.165, 1.54) is 5.56 Å². The molecule has 0 bridgehead atoms. The summed E-state index contributed by atoms with van der Waals surface area (Å²) in [6.45, 7) is 7.97. The maximum Gasteiger partial charge on any atom is 0.0499 e. The van der Waals surface area contributed by atoms with Crippen LogP contribution in [0.4, 0.5) is 5.69 Å². The number of rotatable bonds is 3. The summed E-state index contributed by atoms with van der Waals surface area (Å²) >= 11 is 0. The second kappa shape index (κ2) is 4.29. The SMILES string of the molecule is C=C[C@H](N)c1cc(C(C)C)ccc1N. The average Bonchev–Trinajstić information content (AvgIpc) is 2.17. The molecule has 4 N–H and O–H groups in total. The van der Waals surface area contributed by atoms with Crippen molar-refractivity contribution < 1.29 is 0 Å². The lowest BCUT2D eigenvalue weighted by molar-refractivity contribution is 0.851. The fourth-order valence-electron chi connectivity index (χ4n) is 1.37. The van der Waals surface area contributed by atoms with E-state index in [0.29, 0.717) is 5.92 Å². The Balaban J connectivity index is 3.14. The van der Waals surface area contributed by atoms with Crippen molar-refractivity contribution in [2.75, 3.05) is 5.73 Å². The quantitative estimate of drug-likeness (QED) is 0.568. The lowest BCUT2D eigenvalue weighted by atomic mass is 9.96. The maximum atomic E-state index is 5.87. The van der Waals surface area contributed by atoms with Crippen molar-refractivity contribution in [2.45, 2.75) is 25.8 Å². The number of hydrogen-bond donors (Lipinski definition) is 2. The average molecular weight is 190 g/mol. The van der Waals surface area contributed by atoms with Crippen LogP contribution in [0, 0.1) is 0 Å². The van der Waals surface area contributed by atoms with Crippen molar-refractivity contribution in [3.8, 4) is 0 Å². The minimum atomic E-state index is -0.173. The molecule has 1 aromatic rings. The summed E-state index contributed by atoms with van der Waals surface area (Å²) < 4.78 is 0. The topological polar surface area (TPSA) is 52.0 Å². The Kier molecular flexibility index (Phi) is 3.31. The number of nitrogen functional groups attached to an aromatic ring is 1. The van der Waals surface area contributed by atoms with Crippen LogP contribution >= 0.6 is 0 Å². The first-order valence-corrected chi connectivity index (χ1v) is 4.83. The van der Waals surface area contributed by atoms with Crippen LogP contribution in [0.25, 0.3) is 0 Å². The molecule has 1 rings (SSSR count). The maximum absolute atomic E-state index is 5.87. The molecule has 0 spiro atoms. The fourth-order valence-corrected chi connectivity index (χ4v) is 1.37. The Hall–Kier alpha value is -1.28. The minimum absolute atomic E-state index is 0.173. The molecule has 1 aromatic carbocycles. The van der Waals surface area contributed by atoms with Crippen LogP contribution < -0.4 is 11.5 Å². The lowest BCUT2D eigenvalue weighted by Crippen LogP contribution is -2.10. The van der Waals surface area contributed by atoms with E-state index in [4.69, 9.17) is 11.5 Å². The first-order valence-electron chi connectivity index (χ1n) is 4.83. The van der Waals surface area contributed by atoms with Gasteiger partial charge in [-0.05, 0) is 23.1 Å². The van der Waals surface area contributed by atoms with Gasteiger partial charge in [0.1, 0.15) is 0 Å². The van der Waals surface area contributed by atoms with Gasteiger partial charge < -0.3 is 11.5 Å². The molecular weight excluding hydrogens is 172 g/mol. The molecular formula is C12H18N2. The van der Waals surface area contributed by atoms with Gasteiger partial charge in [0.05, 0.1) is 0 Å². The summed E-state index contributed by atoms with van der Waals surface area (Å²) in [5.41, 5.74) is 14.7. The number of anilines is 1. The first kappa shape index (κ1) is 10.8. The number of hydrogen-bond acceptors (Lipinski definition) is 2. The third kappa shape index (κ3) is 2.15. The van der Waals surface area contributed by atoms with Crippen molar-refractivity contribution in [3.05, 3.63) is 42.0 Å². The first-order chi connectivity index (χ1) is 6.56. The van der Waals surface area contributed by atoms with Crippen LogP contribution in [0.5, 0.6) is 0 Å². The molecule has 0 heterocycles. The highest BCUT2D eigenvalue weighted by molar-refractivity contribution is 5.51. The summed E-state index contributed by atoms with van der Waals surface area (Å²) in [7, 11) is 0. The third-order valence-corrected chi connectivity index (χ3v) is 2.39. The minimum Gasteiger partial charge on any atom is -0.398 e. The van der Waals surface area contributed by atoms with E-state index >= 15 is 0 Å². The number of benzene rings is 1. The fraction of sp³-hybridized carbons (Fsp3) is 0.333. The van der Waals surface area contributed by atoms with Crippen LogP contribution in [-0.2, 0) is 0 Å². The zero-order chi connectivity index (χ0) is 10.7. The van der Waals surface area contributed by atoms with Gasteiger partial charge in [0.2, 0.25) is 0 Å². The van der Waals surface area contributed by atoms with Crippen LogP contribution in [0.1, 0.15) is 36.9 Å². The second-order valence-electron chi connectivity index (χ2n) is 3.80. The molecule has 0 aliphatic rings. The largest absolute Gasteiger partial charge is 0.398 e. The molecule has 14 heavy (non-hydrogen) atoms. The molecule has 1 atom stereocenters. The van der Waals surface area contributed by atoms with Gasteiger partial charge in [-0.1, -0.05) is 32.1 Å². The molecule has 0 aliphatic carbocycles. The molecule has 0 aliphatic heterocycles.